The minimum Gasteiger partial charge on any atom is -0.361 e. The van der Waals surface area contributed by atoms with Crippen molar-refractivity contribution in [2.75, 3.05) is 6.54 Å². The molecule has 1 aromatic heterocycles. The number of amides is 1. The molecule has 2 aromatic rings. The van der Waals surface area contributed by atoms with Crippen LogP contribution in [-0.2, 0) is 11.2 Å². The van der Waals surface area contributed by atoms with Gasteiger partial charge < -0.3 is 9.88 Å². The van der Waals surface area contributed by atoms with Crippen LogP contribution in [0.5, 0.6) is 0 Å². The molecule has 22 heavy (non-hydrogen) atoms. The summed E-state index contributed by atoms with van der Waals surface area (Å²) in [6.45, 7) is 0.961. The van der Waals surface area contributed by atoms with Crippen LogP contribution >= 0.6 is 0 Å². The molecule has 1 aromatic carbocycles. The number of rotatable bonds is 3. The molecule has 1 saturated carbocycles. The fourth-order valence-corrected chi connectivity index (χ4v) is 4.48. The highest BCUT2D eigenvalue weighted by Crippen LogP contribution is 2.35. The lowest BCUT2D eigenvalue weighted by molar-refractivity contribution is -0.132. The van der Waals surface area contributed by atoms with Gasteiger partial charge in [0.15, 0.2) is 0 Å². The summed E-state index contributed by atoms with van der Waals surface area (Å²) in [4.78, 5) is 18.3. The molecule has 0 spiro atoms. The molecule has 1 atom stereocenters. The van der Waals surface area contributed by atoms with Gasteiger partial charge in [-0.2, -0.15) is 0 Å². The van der Waals surface area contributed by atoms with E-state index in [9.17, 15) is 4.79 Å². The molecule has 3 nitrogen and oxygen atoms in total. The van der Waals surface area contributed by atoms with E-state index < -0.39 is 0 Å². The molecule has 2 fully saturated rings. The van der Waals surface area contributed by atoms with Gasteiger partial charge >= 0.3 is 0 Å². The molecule has 1 aliphatic heterocycles. The van der Waals surface area contributed by atoms with Crippen LogP contribution in [0, 0.1) is 5.92 Å². The molecule has 4 rings (SSSR count). The minimum atomic E-state index is 0.319. The second kappa shape index (κ2) is 5.79. The van der Waals surface area contributed by atoms with Crippen molar-refractivity contribution in [2.24, 2.45) is 5.92 Å². The lowest BCUT2D eigenvalue weighted by Crippen LogP contribution is -2.40. The molecule has 2 aliphatic rings. The summed E-state index contributed by atoms with van der Waals surface area (Å²) in [6, 6.07) is 8.76. The highest BCUT2D eigenvalue weighted by atomic mass is 16.2. The maximum Gasteiger partial charge on any atom is 0.227 e. The zero-order valence-electron chi connectivity index (χ0n) is 13.1. The Morgan fingerprint density at radius 2 is 1.95 bits per heavy atom. The van der Waals surface area contributed by atoms with E-state index in [1.165, 1.54) is 43.9 Å². The molecule has 3 heteroatoms. The van der Waals surface area contributed by atoms with E-state index in [4.69, 9.17) is 0 Å². The van der Waals surface area contributed by atoms with Crippen molar-refractivity contribution in [2.45, 2.75) is 51.0 Å². The van der Waals surface area contributed by atoms with Crippen molar-refractivity contribution in [3.63, 3.8) is 0 Å². The predicted molar refractivity (Wildman–Crippen MR) is 88.7 cm³/mol. The number of nitrogens with zero attached hydrogens (tertiary/aromatic N) is 1. The quantitative estimate of drug-likeness (QED) is 0.916. The number of hydrogen-bond donors (Lipinski definition) is 1. The van der Waals surface area contributed by atoms with Crippen molar-refractivity contribution in [3.8, 4) is 0 Å². The van der Waals surface area contributed by atoms with E-state index in [1.807, 2.05) is 18.3 Å². The van der Waals surface area contributed by atoms with Crippen LogP contribution in [0.1, 0.15) is 44.1 Å². The zero-order valence-corrected chi connectivity index (χ0v) is 13.1. The predicted octanol–water partition coefficient (Wildman–Crippen LogP) is 3.89. The summed E-state index contributed by atoms with van der Waals surface area (Å²) in [6.07, 6.45) is 10.3. The van der Waals surface area contributed by atoms with Crippen molar-refractivity contribution in [1.29, 1.82) is 0 Å². The Bertz CT molecular complexity index is 669. The molecular formula is C19H24N2O. The Morgan fingerprint density at radius 1 is 1.14 bits per heavy atom. The van der Waals surface area contributed by atoms with E-state index in [0.717, 1.165) is 23.5 Å². The zero-order chi connectivity index (χ0) is 14.9. The Kier molecular flexibility index (Phi) is 3.65. The molecule has 1 amide bonds. The average Bonchev–Trinajstić information content (AvgIpc) is 3.27. The van der Waals surface area contributed by atoms with Gasteiger partial charge in [0.2, 0.25) is 5.91 Å². The maximum absolute atomic E-state index is 12.8. The fourth-order valence-electron chi connectivity index (χ4n) is 4.48. The SMILES string of the molecule is O=C(Cc1c[nH]c2ccccc12)N1CCCC1C1CCCC1. The molecule has 1 N–H and O–H groups in total. The summed E-state index contributed by atoms with van der Waals surface area (Å²) >= 11 is 0. The van der Waals surface area contributed by atoms with Gasteiger partial charge in [-0.25, -0.2) is 0 Å². The Balaban J connectivity index is 1.51. The number of carbonyl (C=O) groups excluding carboxylic acids is 1. The Hall–Kier alpha value is -1.77. The van der Waals surface area contributed by atoms with Crippen molar-refractivity contribution in [3.05, 3.63) is 36.0 Å². The van der Waals surface area contributed by atoms with Crippen LogP contribution in [0.25, 0.3) is 10.9 Å². The summed E-state index contributed by atoms with van der Waals surface area (Å²) in [7, 11) is 0. The van der Waals surface area contributed by atoms with Gasteiger partial charge in [0.1, 0.15) is 0 Å². The van der Waals surface area contributed by atoms with Gasteiger partial charge in [-0.3, -0.25) is 4.79 Å². The van der Waals surface area contributed by atoms with Gasteiger partial charge in [0, 0.05) is 29.7 Å². The highest BCUT2D eigenvalue weighted by Gasteiger charge is 2.35. The average molecular weight is 296 g/mol. The smallest absolute Gasteiger partial charge is 0.227 e. The third kappa shape index (κ3) is 2.43. The molecule has 116 valence electrons. The molecule has 1 aliphatic carbocycles. The molecule has 2 heterocycles. The van der Waals surface area contributed by atoms with E-state index in [0.29, 0.717) is 18.4 Å². The van der Waals surface area contributed by atoms with Crippen molar-refractivity contribution < 1.29 is 4.79 Å². The third-order valence-electron chi connectivity index (χ3n) is 5.58. The monoisotopic (exact) mass is 296 g/mol. The second-order valence-electron chi connectivity index (χ2n) is 6.88. The van der Waals surface area contributed by atoms with Crippen molar-refractivity contribution >= 4 is 16.8 Å². The summed E-state index contributed by atoms with van der Waals surface area (Å²) < 4.78 is 0. The number of aromatic amines is 1. The van der Waals surface area contributed by atoms with E-state index in [1.54, 1.807) is 0 Å². The third-order valence-corrected chi connectivity index (χ3v) is 5.58. The number of carbonyl (C=O) groups is 1. The number of benzene rings is 1. The first kappa shape index (κ1) is 13.9. The van der Waals surface area contributed by atoms with Crippen LogP contribution in [-0.4, -0.2) is 28.4 Å². The van der Waals surface area contributed by atoms with Gasteiger partial charge in [0.25, 0.3) is 0 Å². The first-order chi connectivity index (χ1) is 10.8. The topological polar surface area (TPSA) is 36.1 Å². The summed E-state index contributed by atoms with van der Waals surface area (Å²) in [5, 5.41) is 1.19. The molecule has 0 radical (unpaired) electrons. The molecule has 0 bridgehead atoms. The van der Waals surface area contributed by atoms with Crippen LogP contribution < -0.4 is 0 Å². The van der Waals surface area contributed by atoms with Crippen LogP contribution in [0.3, 0.4) is 0 Å². The number of nitrogens with one attached hydrogen (secondary N) is 1. The number of H-pyrrole nitrogens is 1. The van der Waals surface area contributed by atoms with Crippen LogP contribution in [0.4, 0.5) is 0 Å². The first-order valence-electron chi connectivity index (χ1n) is 8.67. The van der Waals surface area contributed by atoms with E-state index in [2.05, 4.69) is 22.0 Å². The summed E-state index contributed by atoms with van der Waals surface area (Å²) in [5.74, 6) is 1.08. The standard InChI is InChI=1S/C19H24N2O/c22-19(12-15-13-20-17-9-4-3-8-16(15)17)21-11-5-10-18(21)14-6-1-2-7-14/h3-4,8-9,13-14,18,20H,1-2,5-7,10-12H2. The Labute approximate surface area is 131 Å². The molecular weight excluding hydrogens is 272 g/mol. The van der Waals surface area contributed by atoms with Gasteiger partial charge in [-0.05, 0) is 43.2 Å². The van der Waals surface area contributed by atoms with E-state index >= 15 is 0 Å². The lowest BCUT2D eigenvalue weighted by atomic mass is 9.95. The normalized spacial score (nSPS) is 22.7. The summed E-state index contributed by atoms with van der Waals surface area (Å²) in [5.41, 5.74) is 2.26. The second-order valence-corrected chi connectivity index (χ2v) is 6.88. The minimum absolute atomic E-state index is 0.319. The number of likely N-dealkylation sites (tertiary alicyclic amines) is 1. The largest absolute Gasteiger partial charge is 0.361 e. The van der Waals surface area contributed by atoms with Gasteiger partial charge in [-0.15, -0.1) is 0 Å². The molecule has 1 unspecified atom stereocenters. The van der Waals surface area contributed by atoms with Crippen molar-refractivity contribution in [1.82, 2.24) is 9.88 Å². The van der Waals surface area contributed by atoms with Gasteiger partial charge in [-0.1, -0.05) is 31.0 Å². The van der Waals surface area contributed by atoms with E-state index in [-0.39, 0.29) is 0 Å². The number of para-hydroxylation sites is 1. The number of hydrogen-bond acceptors (Lipinski definition) is 1. The number of fused-ring (bicyclic) bond motifs is 1. The molecule has 1 saturated heterocycles. The van der Waals surface area contributed by atoms with Gasteiger partial charge in [0.05, 0.1) is 6.42 Å². The first-order valence-corrected chi connectivity index (χ1v) is 8.67. The van der Waals surface area contributed by atoms with Crippen LogP contribution in [0.15, 0.2) is 30.5 Å². The highest BCUT2D eigenvalue weighted by molar-refractivity contribution is 5.89. The fraction of sp³-hybridized carbons (Fsp3) is 0.526. The lowest BCUT2D eigenvalue weighted by Gasteiger charge is -2.29. The Morgan fingerprint density at radius 3 is 2.82 bits per heavy atom. The maximum atomic E-state index is 12.8. The van der Waals surface area contributed by atoms with Crippen LogP contribution in [0.2, 0.25) is 0 Å². The number of aromatic nitrogens is 1.